The summed E-state index contributed by atoms with van der Waals surface area (Å²) < 4.78 is 3.31. The largest absolute Gasteiger partial charge is 0.368 e. The first-order valence-corrected chi connectivity index (χ1v) is 14.8. The molecule has 0 bridgehead atoms. The molecular weight excluding hydrogens is 550 g/mol. The summed E-state index contributed by atoms with van der Waals surface area (Å²) in [7, 11) is 0. The second-order valence-corrected chi connectivity index (χ2v) is 11.9. The predicted octanol–water partition coefficient (Wildman–Crippen LogP) is 5.97. The highest BCUT2D eigenvalue weighted by Crippen LogP contribution is 2.28. The number of carbonyl (C=O) groups excluding carboxylic acids is 1. The first-order valence-electron chi connectivity index (χ1n) is 14.0. The summed E-state index contributed by atoms with van der Waals surface area (Å²) in [4.78, 5) is 25.6. The number of likely N-dealkylation sites (tertiary alicyclic amines) is 1. The summed E-state index contributed by atoms with van der Waals surface area (Å²) in [5, 5.41) is 0. The van der Waals surface area contributed by atoms with Gasteiger partial charge < -0.3 is 9.80 Å². The molecule has 1 atom stereocenters. The number of piperazine rings is 1. The Morgan fingerprint density at radius 3 is 2.56 bits per heavy atom. The molecule has 0 aliphatic carbocycles. The Balaban J connectivity index is 1.14. The second-order valence-electron chi connectivity index (χ2n) is 10.9. The third-order valence-corrected chi connectivity index (χ3v) is 8.92. The van der Waals surface area contributed by atoms with Gasteiger partial charge in [-0.25, -0.2) is 4.98 Å². The monoisotopic (exact) mass is 585 g/mol. The molecule has 2 fully saturated rings. The smallest absolute Gasteiger partial charge is 0.227 e. The molecule has 3 aromatic carbocycles. The number of nitrogens with zero attached hydrogens (tertiary/aromatic N) is 5. The van der Waals surface area contributed by atoms with Crippen molar-refractivity contribution in [1.82, 2.24) is 19.4 Å². The van der Waals surface area contributed by atoms with Crippen LogP contribution in [0.15, 0.2) is 71.2 Å². The van der Waals surface area contributed by atoms with Crippen LogP contribution in [0.2, 0.25) is 0 Å². The van der Waals surface area contributed by atoms with Gasteiger partial charge in [0, 0.05) is 48.6 Å². The van der Waals surface area contributed by atoms with E-state index in [9.17, 15) is 4.79 Å². The van der Waals surface area contributed by atoms with Gasteiger partial charge in [-0.05, 0) is 80.8 Å². The molecule has 3 heterocycles. The Kier molecular flexibility index (Phi) is 7.45. The van der Waals surface area contributed by atoms with E-state index < -0.39 is 0 Å². The summed E-state index contributed by atoms with van der Waals surface area (Å²) in [5.41, 5.74) is 7.17. The number of benzene rings is 3. The van der Waals surface area contributed by atoms with Gasteiger partial charge >= 0.3 is 0 Å². The lowest BCUT2D eigenvalue weighted by molar-refractivity contribution is -0.137. The summed E-state index contributed by atoms with van der Waals surface area (Å²) >= 11 is 3.63. The van der Waals surface area contributed by atoms with E-state index in [0.717, 1.165) is 85.7 Å². The van der Waals surface area contributed by atoms with E-state index in [1.165, 1.54) is 16.8 Å². The molecule has 1 amide bonds. The minimum Gasteiger partial charge on any atom is -0.368 e. The van der Waals surface area contributed by atoms with E-state index >= 15 is 0 Å². The quantitative estimate of drug-likeness (QED) is 0.289. The lowest BCUT2D eigenvalue weighted by atomic mass is 9.96. The zero-order valence-corrected chi connectivity index (χ0v) is 24.4. The van der Waals surface area contributed by atoms with Gasteiger partial charge in [-0.3, -0.25) is 14.3 Å². The molecule has 0 unspecified atom stereocenters. The van der Waals surface area contributed by atoms with Crippen molar-refractivity contribution in [3.63, 3.8) is 0 Å². The predicted molar refractivity (Wildman–Crippen MR) is 161 cm³/mol. The Labute approximate surface area is 239 Å². The summed E-state index contributed by atoms with van der Waals surface area (Å²) in [6, 6.07) is 23.2. The molecule has 4 aromatic rings. The number of para-hydroxylation sites is 2. The lowest BCUT2D eigenvalue weighted by Gasteiger charge is -2.40. The maximum absolute atomic E-state index is 13.6. The Hall–Kier alpha value is -3.16. The van der Waals surface area contributed by atoms with E-state index in [2.05, 4.69) is 104 Å². The van der Waals surface area contributed by atoms with E-state index in [1.54, 1.807) is 0 Å². The molecule has 6 rings (SSSR count). The maximum atomic E-state index is 13.6. The number of halogens is 1. The Morgan fingerprint density at radius 1 is 0.949 bits per heavy atom. The number of carbonyl (C=O) groups is 1. The first kappa shape index (κ1) is 26.1. The number of aromatic nitrogens is 2. The number of rotatable bonds is 5. The van der Waals surface area contributed by atoms with E-state index in [4.69, 9.17) is 4.98 Å². The van der Waals surface area contributed by atoms with Crippen LogP contribution in [0, 0.1) is 19.8 Å². The molecule has 2 aliphatic rings. The van der Waals surface area contributed by atoms with Crippen LogP contribution in [0.25, 0.3) is 16.7 Å². The summed E-state index contributed by atoms with van der Waals surface area (Å²) in [6.45, 7) is 10.2. The van der Waals surface area contributed by atoms with Crippen LogP contribution in [-0.4, -0.2) is 64.5 Å². The van der Waals surface area contributed by atoms with Gasteiger partial charge in [-0.2, -0.15) is 0 Å². The first-order chi connectivity index (χ1) is 19.0. The van der Waals surface area contributed by atoms with E-state index in [1.807, 2.05) is 12.1 Å². The number of fused-ring (bicyclic) bond motifs is 1. The number of aryl methyl sites for hydroxylation is 1. The number of hydrogen-bond donors (Lipinski definition) is 0. The Bertz CT molecular complexity index is 1490. The van der Waals surface area contributed by atoms with Crippen LogP contribution in [0.5, 0.6) is 0 Å². The zero-order chi connectivity index (χ0) is 26.9. The van der Waals surface area contributed by atoms with Gasteiger partial charge in [0.2, 0.25) is 5.91 Å². The third kappa shape index (κ3) is 5.35. The van der Waals surface area contributed by atoms with Gasteiger partial charge in [0.25, 0.3) is 0 Å². The average molecular weight is 587 g/mol. The molecule has 2 saturated heterocycles. The van der Waals surface area contributed by atoms with Gasteiger partial charge in [-0.15, -0.1) is 0 Å². The van der Waals surface area contributed by atoms with Crippen LogP contribution < -0.4 is 4.90 Å². The molecule has 0 N–H and O–H groups in total. The molecule has 39 heavy (non-hydrogen) atoms. The van der Waals surface area contributed by atoms with E-state index in [-0.39, 0.29) is 5.92 Å². The van der Waals surface area contributed by atoms with Crippen LogP contribution in [-0.2, 0) is 11.3 Å². The highest BCUT2D eigenvalue weighted by atomic mass is 79.9. The van der Waals surface area contributed by atoms with Crippen molar-refractivity contribution in [3.05, 3.63) is 88.2 Å². The standard InChI is InChI=1S/C32H36BrN5O/c1-23-8-5-14-29(24(23)2)36-16-18-37(19-17-36)32(39)25-9-7-15-35(21-25)22-31-34-28-12-3-4-13-30(28)38(31)27-11-6-10-26(33)20-27/h3-6,8,10-14,20,25H,7,9,15-19,21-22H2,1-2H3/t25-/m1/s1. The molecule has 7 heteroatoms. The number of hydrogen-bond acceptors (Lipinski definition) is 4. The fourth-order valence-electron chi connectivity index (χ4n) is 6.19. The van der Waals surface area contributed by atoms with Crippen LogP contribution >= 0.6 is 15.9 Å². The second kappa shape index (κ2) is 11.1. The molecular formula is C32H36BrN5O. The highest BCUT2D eigenvalue weighted by Gasteiger charge is 2.32. The fourth-order valence-corrected chi connectivity index (χ4v) is 6.58. The van der Waals surface area contributed by atoms with Crippen molar-refractivity contribution in [2.24, 2.45) is 5.92 Å². The lowest BCUT2D eigenvalue weighted by Crippen LogP contribution is -2.52. The van der Waals surface area contributed by atoms with Crippen molar-refractivity contribution in [1.29, 1.82) is 0 Å². The van der Waals surface area contributed by atoms with Gasteiger partial charge in [0.1, 0.15) is 5.82 Å². The average Bonchev–Trinajstić information content (AvgIpc) is 3.32. The van der Waals surface area contributed by atoms with E-state index in [0.29, 0.717) is 5.91 Å². The summed E-state index contributed by atoms with van der Waals surface area (Å²) in [5.74, 6) is 1.39. The van der Waals surface area contributed by atoms with Crippen molar-refractivity contribution >= 4 is 38.6 Å². The minimum absolute atomic E-state index is 0.0507. The molecule has 1 aromatic heterocycles. The third-order valence-electron chi connectivity index (χ3n) is 8.42. The van der Waals surface area contributed by atoms with Gasteiger partial charge in [-0.1, -0.05) is 46.3 Å². The van der Waals surface area contributed by atoms with Crippen LogP contribution in [0.3, 0.4) is 0 Å². The van der Waals surface area contributed by atoms with Crippen molar-refractivity contribution in [2.45, 2.75) is 33.2 Å². The molecule has 0 radical (unpaired) electrons. The molecule has 6 nitrogen and oxygen atoms in total. The highest BCUT2D eigenvalue weighted by molar-refractivity contribution is 9.10. The number of amides is 1. The maximum Gasteiger partial charge on any atom is 0.227 e. The van der Waals surface area contributed by atoms with Gasteiger partial charge in [0.15, 0.2) is 0 Å². The van der Waals surface area contributed by atoms with Crippen LogP contribution in [0.4, 0.5) is 5.69 Å². The van der Waals surface area contributed by atoms with Crippen LogP contribution in [0.1, 0.15) is 29.8 Å². The molecule has 202 valence electrons. The molecule has 0 spiro atoms. The van der Waals surface area contributed by atoms with Crippen molar-refractivity contribution in [3.8, 4) is 5.69 Å². The SMILES string of the molecule is Cc1cccc(N2CCN(C(=O)[C@@H]3CCCN(Cc4nc5ccccc5n4-c4cccc(Br)c4)C3)CC2)c1C. The normalized spacial score (nSPS) is 18.6. The fraction of sp³-hybridized carbons (Fsp3) is 0.375. The Morgan fingerprint density at radius 2 is 1.74 bits per heavy atom. The minimum atomic E-state index is 0.0507. The number of imidazole rings is 1. The summed E-state index contributed by atoms with van der Waals surface area (Å²) in [6.07, 6.45) is 2.00. The topological polar surface area (TPSA) is 44.6 Å². The number of anilines is 1. The zero-order valence-electron chi connectivity index (χ0n) is 22.8. The van der Waals surface area contributed by atoms with Crippen molar-refractivity contribution < 1.29 is 4.79 Å². The number of piperidine rings is 1. The molecule has 2 aliphatic heterocycles. The molecule has 0 saturated carbocycles. The van der Waals surface area contributed by atoms with Gasteiger partial charge in [0.05, 0.1) is 23.5 Å². The van der Waals surface area contributed by atoms with Crippen molar-refractivity contribution in [2.75, 3.05) is 44.2 Å².